The van der Waals surface area contributed by atoms with Crippen molar-refractivity contribution in [1.29, 1.82) is 0 Å². The molecule has 1 fully saturated rings. The number of thiophene rings is 1. The highest BCUT2D eigenvalue weighted by molar-refractivity contribution is 7.89. The molecular weight excluding hydrogens is 401 g/mol. The predicted molar refractivity (Wildman–Crippen MR) is 101 cm³/mol. The average molecular weight is 420 g/mol. The van der Waals surface area contributed by atoms with E-state index in [2.05, 4.69) is 10.0 Å². The zero-order valence-electron chi connectivity index (χ0n) is 13.9. The summed E-state index contributed by atoms with van der Waals surface area (Å²) in [5, 5.41) is 4.65. The summed E-state index contributed by atoms with van der Waals surface area (Å²) in [6, 6.07) is 7.26. The van der Waals surface area contributed by atoms with Crippen LogP contribution in [0.5, 0.6) is 0 Å². The first-order chi connectivity index (χ1) is 11.9. The van der Waals surface area contributed by atoms with Crippen molar-refractivity contribution in [2.24, 2.45) is 0 Å². The van der Waals surface area contributed by atoms with Crippen molar-refractivity contribution >= 4 is 39.7 Å². The zero-order valence-corrected chi connectivity index (χ0v) is 16.4. The van der Waals surface area contributed by atoms with Crippen LogP contribution >= 0.6 is 23.7 Å². The normalized spacial score (nSPS) is 17.6. The molecule has 2 N–H and O–H groups in total. The first kappa shape index (κ1) is 20.8. The third-order valence-electron chi connectivity index (χ3n) is 4.10. The molecule has 0 radical (unpaired) electrons. The van der Waals surface area contributed by atoms with Crippen LogP contribution in [-0.2, 0) is 10.0 Å². The molecule has 1 unspecified atom stereocenters. The molecule has 1 aliphatic heterocycles. The number of nitrogens with one attached hydrogen (secondary N) is 2. The molecule has 1 aliphatic rings. The van der Waals surface area contributed by atoms with Crippen LogP contribution in [0, 0.1) is 5.82 Å². The van der Waals surface area contributed by atoms with E-state index < -0.39 is 10.0 Å². The van der Waals surface area contributed by atoms with Gasteiger partial charge in [-0.3, -0.25) is 4.79 Å². The minimum Gasteiger partial charge on any atom is -0.328 e. The summed E-state index contributed by atoms with van der Waals surface area (Å²) in [4.78, 5) is 15.0. The lowest BCUT2D eigenvalue weighted by Crippen LogP contribution is -2.48. The van der Waals surface area contributed by atoms with Crippen LogP contribution in [0.3, 0.4) is 0 Å². The second kappa shape index (κ2) is 8.45. The summed E-state index contributed by atoms with van der Waals surface area (Å²) in [5.41, 5.74) is 0.708. The van der Waals surface area contributed by atoms with Crippen molar-refractivity contribution in [3.05, 3.63) is 52.0 Å². The van der Waals surface area contributed by atoms with Gasteiger partial charge in [-0.05, 0) is 30.8 Å². The van der Waals surface area contributed by atoms with Gasteiger partial charge in [-0.2, -0.15) is 0 Å². The van der Waals surface area contributed by atoms with Gasteiger partial charge in [-0.1, -0.05) is 12.1 Å². The molecule has 0 saturated carbocycles. The first-order valence-corrected chi connectivity index (χ1v) is 10.1. The standard InChI is InChI=1S/C16H18FN3O3S2.ClH/c1-18-25(22,23)13-8-15(24-10-13)16(21)20-6-5-19-9-14(20)11-3-2-4-12(17)7-11;/h2-4,7-8,10,14,18-19H,5-6,9H2,1H3;1H. The van der Waals surface area contributed by atoms with Crippen LogP contribution in [0.1, 0.15) is 21.3 Å². The van der Waals surface area contributed by atoms with Gasteiger partial charge in [-0.15, -0.1) is 23.7 Å². The highest BCUT2D eigenvalue weighted by Gasteiger charge is 2.30. The number of rotatable bonds is 4. The number of amides is 1. The number of hydrogen-bond donors (Lipinski definition) is 2. The topological polar surface area (TPSA) is 78.5 Å². The van der Waals surface area contributed by atoms with Crippen LogP contribution in [0.4, 0.5) is 4.39 Å². The van der Waals surface area contributed by atoms with Gasteiger partial charge in [0.15, 0.2) is 0 Å². The van der Waals surface area contributed by atoms with Crippen molar-refractivity contribution in [3.8, 4) is 0 Å². The van der Waals surface area contributed by atoms with E-state index in [0.29, 0.717) is 30.1 Å². The number of benzene rings is 1. The zero-order chi connectivity index (χ0) is 18.0. The lowest BCUT2D eigenvalue weighted by Gasteiger charge is -2.36. The van der Waals surface area contributed by atoms with E-state index in [1.54, 1.807) is 17.0 Å². The van der Waals surface area contributed by atoms with Gasteiger partial charge in [-0.25, -0.2) is 17.5 Å². The fourth-order valence-electron chi connectivity index (χ4n) is 2.79. The minimum atomic E-state index is -3.59. The predicted octanol–water partition coefficient (Wildman–Crippen LogP) is 2.00. The molecular formula is C16H19ClFN3O3S2. The van der Waals surface area contributed by atoms with E-state index in [1.165, 1.54) is 30.6 Å². The molecule has 2 aromatic rings. The number of sulfonamides is 1. The lowest BCUT2D eigenvalue weighted by atomic mass is 10.0. The molecule has 0 aliphatic carbocycles. The van der Waals surface area contributed by atoms with Crippen molar-refractivity contribution in [1.82, 2.24) is 14.9 Å². The number of piperazine rings is 1. The van der Waals surface area contributed by atoms with Gasteiger partial charge < -0.3 is 10.2 Å². The van der Waals surface area contributed by atoms with E-state index in [-0.39, 0.29) is 35.1 Å². The number of carbonyl (C=O) groups is 1. The van der Waals surface area contributed by atoms with Crippen molar-refractivity contribution in [2.45, 2.75) is 10.9 Å². The maximum absolute atomic E-state index is 13.6. The maximum Gasteiger partial charge on any atom is 0.264 e. The number of halogens is 2. The smallest absolute Gasteiger partial charge is 0.264 e. The van der Waals surface area contributed by atoms with Gasteiger partial charge in [0.1, 0.15) is 5.82 Å². The molecule has 3 rings (SSSR count). The molecule has 0 spiro atoms. The minimum absolute atomic E-state index is 0. The molecule has 6 nitrogen and oxygen atoms in total. The molecule has 2 heterocycles. The molecule has 1 saturated heterocycles. The van der Waals surface area contributed by atoms with E-state index in [1.807, 2.05) is 0 Å². The molecule has 26 heavy (non-hydrogen) atoms. The Morgan fingerprint density at radius 1 is 1.38 bits per heavy atom. The monoisotopic (exact) mass is 419 g/mol. The summed E-state index contributed by atoms with van der Waals surface area (Å²) < 4.78 is 39.5. The maximum atomic E-state index is 13.6. The van der Waals surface area contributed by atoms with Gasteiger partial charge in [0, 0.05) is 25.0 Å². The lowest BCUT2D eigenvalue weighted by molar-refractivity contribution is 0.0639. The molecule has 10 heteroatoms. The Balaban J connectivity index is 0.00000243. The van der Waals surface area contributed by atoms with Gasteiger partial charge in [0.25, 0.3) is 5.91 Å². The van der Waals surface area contributed by atoms with Crippen molar-refractivity contribution in [2.75, 3.05) is 26.7 Å². The molecule has 1 aromatic heterocycles. The Hall–Kier alpha value is -1.52. The van der Waals surface area contributed by atoms with Crippen LogP contribution in [0.15, 0.2) is 40.6 Å². The molecule has 0 bridgehead atoms. The Morgan fingerprint density at radius 2 is 2.15 bits per heavy atom. The number of hydrogen-bond acceptors (Lipinski definition) is 5. The van der Waals surface area contributed by atoms with E-state index >= 15 is 0 Å². The van der Waals surface area contributed by atoms with E-state index in [4.69, 9.17) is 0 Å². The Bertz CT molecular complexity index is 888. The second-order valence-electron chi connectivity index (χ2n) is 5.63. The Morgan fingerprint density at radius 3 is 2.85 bits per heavy atom. The highest BCUT2D eigenvalue weighted by atomic mass is 35.5. The Labute approximate surface area is 161 Å². The largest absolute Gasteiger partial charge is 0.328 e. The summed E-state index contributed by atoms with van der Waals surface area (Å²) >= 11 is 1.09. The fraction of sp³-hybridized carbons (Fsp3) is 0.312. The second-order valence-corrected chi connectivity index (χ2v) is 8.43. The van der Waals surface area contributed by atoms with E-state index in [9.17, 15) is 17.6 Å². The van der Waals surface area contributed by atoms with Crippen molar-refractivity contribution in [3.63, 3.8) is 0 Å². The van der Waals surface area contributed by atoms with Crippen molar-refractivity contribution < 1.29 is 17.6 Å². The fourth-order valence-corrected chi connectivity index (χ4v) is 4.75. The van der Waals surface area contributed by atoms with E-state index in [0.717, 1.165) is 11.3 Å². The molecule has 142 valence electrons. The van der Waals surface area contributed by atoms with Crippen LogP contribution in [0.2, 0.25) is 0 Å². The van der Waals surface area contributed by atoms with Gasteiger partial charge in [0.2, 0.25) is 10.0 Å². The van der Waals surface area contributed by atoms with Gasteiger partial charge in [0.05, 0.1) is 15.8 Å². The SMILES string of the molecule is CNS(=O)(=O)c1csc(C(=O)N2CCNCC2c2cccc(F)c2)c1.Cl. The van der Waals surface area contributed by atoms with Crippen LogP contribution in [-0.4, -0.2) is 45.9 Å². The van der Waals surface area contributed by atoms with Crippen LogP contribution < -0.4 is 10.0 Å². The molecule has 1 aromatic carbocycles. The third-order valence-corrected chi connectivity index (χ3v) is 6.56. The summed E-state index contributed by atoms with van der Waals surface area (Å²) in [5.74, 6) is -0.604. The van der Waals surface area contributed by atoms with Gasteiger partial charge >= 0.3 is 0 Å². The summed E-state index contributed by atoms with van der Waals surface area (Å²) in [7, 11) is -2.26. The molecule has 1 atom stereocenters. The average Bonchev–Trinajstić information content (AvgIpc) is 3.12. The highest BCUT2D eigenvalue weighted by Crippen LogP contribution is 2.27. The first-order valence-electron chi connectivity index (χ1n) is 7.71. The Kier molecular flexibility index (Phi) is 6.75. The third kappa shape index (κ3) is 4.24. The number of nitrogens with zero attached hydrogens (tertiary/aromatic N) is 1. The molecule has 1 amide bonds. The summed E-state index contributed by atoms with van der Waals surface area (Å²) in [6.07, 6.45) is 0. The summed E-state index contributed by atoms with van der Waals surface area (Å²) in [6.45, 7) is 1.61. The van der Waals surface area contributed by atoms with Crippen LogP contribution in [0.25, 0.3) is 0 Å². The number of carbonyl (C=O) groups excluding carboxylic acids is 1. The quantitative estimate of drug-likeness (QED) is 0.794.